The Hall–Kier alpha value is -4.01. The molecule has 0 spiro atoms. The Morgan fingerprint density at radius 3 is 2.31 bits per heavy atom. The number of fused-ring (bicyclic) bond motifs is 1. The summed E-state index contributed by atoms with van der Waals surface area (Å²) in [6.45, 7) is 4.21. The predicted octanol–water partition coefficient (Wildman–Crippen LogP) is 3.13. The fourth-order valence-electron chi connectivity index (χ4n) is 3.66. The Balaban J connectivity index is 1.89. The van der Waals surface area contributed by atoms with Gasteiger partial charge in [-0.15, -0.1) is 0 Å². The number of nitrogens with one attached hydrogen (secondary N) is 1. The fraction of sp³-hybridized carbons (Fsp3) is 0.261. The number of methoxy groups -OCH3 is 2. The number of aromatic nitrogens is 4. The number of ether oxygens (including phenoxy) is 2. The second-order valence-corrected chi connectivity index (χ2v) is 7.63. The molecule has 4 rings (SSSR count). The lowest BCUT2D eigenvalue weighted by atomic mass is 9.88. The van der Waals surface area contributed by atoms with Gasteiger partial charge in [0.2, 0.25) is 5.95 Å². The summed E-state index contributed by atoms with van der Waals surface area (Å²) in [5.41, 5.74) is 2.51. The zero-order valence-electron chi connectivity index (χ0n) is 18.2. The molecule has 9 nitrogen and oxygen atoms in total. The van der Waals surface area contributed by atoms with Gasteiger partial charge < -0.3 is 14.8 Å². The van der Waals surface area contributed by atoms with Gasteiger partial charge in [-0.3, -0.25) is 4.79 Å². The average Bonchev–Trinajstić information content (AvgIpc) is 3.30. The molecule has 0 bridgehead atoms. The number of anilines is 1. The van der Waals surface area contributed by atoms with Crippen LogP contribution < -0.4 is 10.1 Å². The smallest absolute Gasteiger partial charge is 0.355 e. The van der Waals surface area contributed by atoms with Gasteiger partial charge in [0.05, 0.1) is 19.8 Å². The van der Waals surface area contributed by atoms with Gasteiger partial charge in [-0.25, -0.2) is 4.79 Å². The summed E-state index contributed by atoms with van der Waals surface area (Å²) in [4.78, 5) is 26.4. The summed E-state index contributed by atoms with van der Waals surface area (Å²) in [7, 11) is 2.81. The van der Waals surface area contributed by atoms with Gasteiger partial charge in [0.15, 0.2) is 5.78 Å². The quantitative estimate of drug-likeness (QED) is 0.467. The van der Waals surface area contributed by atoms with Gasteiger partial charge in [0.1, 0.15) is 17.5 Å². The third kappa shape index (κ3) is 3.73. The third-order valence-electron chi connectivity index (χ3n) is 5.42. The molecular formula is C23H23N5O4. The van der Waals surface area contributed by atoms with Crippen LogP contribution in [0.5, 0.6) is 5.75 Å². The summed E-state index contributed by atoms with van der Waals surface area (Å²) in [5.74, 6) is 0.186. The first-order valence-electron chi connectivity index (χ1n) is 10.1. The van der Waals surface area contributed by atoms with Crippen molar-refractivity contribution in [2.75, 3.05) is 19.5 Å². The summed E-state index contributed by atoms with van der Waals surface area (Å²) in [6.07, 6.45) is 0. The fourth-order valence-corrected chi connectivity index (χ4v) is 3.66. The second kappa shape index (κ2) is 8.62. The number of nitrogens with zero attached hydrogens (tertiary/aromatic N) is 4. The van der Waals surface area contributed by atoms with Gasteiger partial charge >= 0.3 is 5.97 Å². The topological polar surface area (TPSA) is 108 Å². The average molecular weight is 433 g/mol. The van der Waals surface area contributed by atoms with E-state index in [1.807, 2.05) is 24.3 Å². The standard InChI is InChI=1S/C23H23N5O4/c1-13(2)14-5-7-15(8-6-14)20-18(21(29)16-9-11-17(31-3)12-10-16)19(22(30)32-4)24-23-25-26-27-28(20)23/h5-13,20H,1-4H3,(H,24,25,27)/t20-/m1/s1. The third-order valence-corrected chi connectivity index (χ3v) is 5.42. The zero-order valence-corrected chi connectivity index (χ0v) is 18.2. The molecule has 0 saturated carbocycles. The SMILES string of the molecule is COC(=O)C1=C(C(=O)c2ccc(OC)cc2)[C@@H](c2ccc(C(C)C)cc2)n2nnnc2N1. The van der Waals surface area contributed by atoms with Crippen molar-refractivity contribution in [2.45, 2.75) is 25.8 Å². The molecule has 32 heavy (non-hydrogen) atoms. The van der Waals surface area contributed by atoms with Crippen molar-refractivity contribution >= 4 is 17.7 Å². The number of hydrogen-bond donors (Lipinski definition) is 1. The van der Waals surface area contributed by atoms with Gasteiger partial charge in [-0.2, -0.15) is 4.68 Å². The Morgan fingerprint density at radius 2 is 1.72 bits per heavy atom. The van der Waals surface area contributed by atoms with Crippen LogP contribution in [-0.4, -0.2) is 46.2 Å². The number of esters is 1. The highest BCUT2D eigenvalue weighted by Gasteiger charge is 2.38. The molecule has 1 aliphatic rings. The normalized spacial score (nSPS) is 15.2. The van der Waals surface area contributed by atoms with Crippen molar-refractivity contribution in [2.24, 2.45) is 0 Å². The maximum atomic E-state index is 13.7. The Labute approximate surface area is 185 Å². The van der Waals surface area contributed by atoms with Crippen LogP contribution in [0.25, 0.3) is 0 Å². The highest BCUT2D eigenvalue weighted by Crippen LogP contribution is 2.37. The lowest BCUT2D eigenvalue weighted by Crippen LogP contribution is -2.33. The summed E-state index contributed by atoms with van der Waals surface area (Å²) in [5, 5.41) is 14.6. The molecule has 1 aromatic heterocycles. The van der Waals surface area contributed by atoms with E-state index in [9.17, 15) is 9.59 Å². The number of carbonyl (C=O) groups excluding carboxylic acids is 2. The van der Waals surface area contributed by atoms with Crippen LogP contribution in [0.4, 0.5) is 5.95 Å². The second-order valence-electron chi connectivity index (χ2n) is 7.63. The molecule has 0 unspecified atom stereocenters. The molecule has 0 aliphatic carbocycles. The van der Waals surface area contributed by atoms with Gasteiger partial charge in [-0.05, 0) is 51.7 Å². The molecule has 2 aromatic carbocycles. The Bertz CT molecular complexity index is 1180. The number of allylic oxidation sites excluding steroid dienone is 1. The van der Waals surface area contributed by atoms with Gasteiger partial charge in [-0.1, -0.05) is 43.2 Å². The molecule has 0 saturated heterocycles. The number of Topliss-reactive ketones (excluding diaryl/α,β-unsaturated/α-hetero) is 1. The van der Waals surface area contributed by atoms with Crippen molar-refractivity contribution in [3.8, 4) is 5.75 Å². The minimum atomic E-state index is -0.717. The number of ketones is 1. The number of rotatable bonds is 6. The maximum absolute atomic E-state index is 13.7. The van der Waals surface area contributed by atoms with Crippen LogP contribution in [0.2, 0.25) is 0 Å². The maximum Gasteiger partial charge on any atom is 0.355 e. The molecular weight excluding hydrogens is 410 g/mol. The lowest BCUT2D eigenvalue weighted by molar-refractivity contribution is -0.136. The van der Waals surface area contributed by atoms with Crippen molar-refractivity contribution < 1.29 is 19.1 Å². The van der Waals surface area contributed by atoms with E-state index < -0.39 is 12.0 Å². The van der Waals surface area contributed by atoms with Crippen LogP contribution in [0.3, 0.4) is 0 Å². The van der Waals surface area contributed by atoms with E-state index >= 15 is 0 Å². The van der Waals surface area contributed by atoms with E-state index in [2.05, 4.69) is 34.7 Å². The van der Waals surface area contributed by atoms with Crippen LogP contribution in [0, 0.1) is 0 Å². The van der Waals surface area contributed by atoms with E-state index in [4.69, 9.17) is 9.47 Å². The molecule has 0 fully saturated rings. The van der Waals surface area contributed by atoms with E-state index in [-0.39, 0.29) is 23.0 Å². The van der Waals surface area contributed by atoms with Crippen molar-refractivity contribution in [1.82, 2.24) is 20.2 Å². The molecule has 9 heteroatoms. The number of hydrogen-bond acceptors (Lipinski definition) is 8. The van der Waals surface area contributed by atoms with Crippen molar-refractivity contribution in [1.29, 1.82) is 0 Å². The van der Waals surface area contributed by atoms with Crippen LogP contribution >= 0.6 is 0 Å². The Kier molecular flexibility index (Phi) is 5.72. The minimum absolute atomic E-state index is 0.00792. The number of benzene rings is 2. The number of carbonyl (C=O) groups is 2. The van der Waals surface area contributed by atoms with Gasteiger partial charge in [0.25, 0.3) is 0 Å². The first-order valence-corrected chi connectivity index (χ1v) is 10.1. The van der Waals surface area contributed by atoms with Crippen LogP contribution in [0.1, 0.15) is 47.3 Å². The van der Waals surface area contributed by atoms with Crippen LogP contribution in [0.15, 0.2) is 59.8 Å². The first-order chi connectivity index (χ1) is 15.4. The molecule has 0 radical (unpaired) electrons. The van der Waals surface area contributed by atoms with Crippen molar-refractivity contribution in [3.63, 3.8) is 0 Å². The monoisotopic (exact) mass is 433 g/mol. The van der Waals surface area contributed by atoms with Crippen molar-refractivity contribution in [3.05, 3.63) is 76.5 Å². The highest BCUT2D eigenvalue weighted by molar-refractivity contribution is 6.14. The summed E-state index contributed by atoms with van der Waals surface area (Å²) >= 11 is 0. The highest BCUT2D eigenvalue weighted by atomic mass is 16.5. The molecule has 1 N–H and O–H groups in total. The predicted molar refractivity (Wildman–Crippen MR) is 116 cm³/mol. The molecule has 0 amide bonds. The van der Waals surface area contributed by atoms with E-state index in [0.29, 0.717) is 17.2 Å². The largest absolute Gasteiger partial charge is 0.497 e. The molecule has 1 aliphatic heterocycles. The summed E-state index contributed by atoms with van der Waals surface area (Å²) in [6, 6.07) is 13.8. The van der Waals surface area contributed by atoms with E-state index in [1.165, 1.54) is 11.8 Å². The lowest BCUT2D eigenvalue weighted by Gasteiger charge is -2.28. The first kappa shape index (κ1) is 21.2. The van der Waals surface area contributed by atoms with Crippen LogP contribution in [-0.2, 0) is 9.53 Å². The summed E-state index contributed by atoms with van der Waals surface area (Å²) < 4.78 is 11.6. The zero-order chi connectivity index (χ0) is 22.8. The van der Waals surface area contributed by atoms with E-state index in [1.54, 1.807) is 31.4 Å². The van der Waals surface area contributed by atoms with Gasteiger partial charge in [0, 0.05) is 5.56 Å². The molecule has 164 valence electrons. The minimum Gasteiger partial charge on any atom is -0.497 e. The number of tetrazole rings is 1. The Morgan fingerprint density at radius 1 is 1.03 bits per heavy atom. The molecule has 3 aromatic rings. The molecule has 1 atom stereocenters. The molecule has 2 heterocycles. The van der Waals surface area contributed by atoms with E-state index in [0.717, 1.165) is 11.1 Å².